The zero-order chi connectivity index (χ0) is 16.1. The van der Waals surface area contributed by atoms with Gasteiger partial charge in [-0.2, -0.15) is 0 Å². The minimum atomic E-state index is 0.726. The van der Waals surface area contributed by atoms with E-state index in [0.29, 0.717) is 0 Å². The van der Waals surface area contributed by atoms with Gasteiger partial charge in [0.2, 0.25) is 9.76 Å². The van der Waals surface area contributed by atoms with Crippen LogP contribution < -0.4 is 0 Å². The quantitative estimate of drug-likeness (QED) is 0.178. The van der Waals surface area contributed by atoms with E-state index < -0.39 is 0 Å². The Morgan fingerprint density at radius 2 is 0.864 bits per heavy atom. The Morgan fingerprint density at radius 3 is 1.23 bits per heavy atom. The molecule has 22 heavy (non-hydrogen) atoms. The van der Waals surface area contributed by atoms with Gasteiger partial charge in [0.25, 0.3) is 0 Å². The first kappa shape index (κ1) is 22.2. The van der Waals surface area contributed by atoms with E-state index in [1.165, 1.54) is 109 Å². The number of hydrogen-bond acceptors (Lipinski definition) is 1. The number of hydrogen-bond donors (Lipinski definition) is 0. The van der Waals surface area contributed by atoms with Crippen LogP contribution in [0.1, 0.15) is 117 Å². The summed E-state index contributed by atoms with van der Waals surface area (Å²) in [6.45, 7) is 5.47. The van der Waals surface area contributed by atoms with Crippen molar-refractivity contribution in [2.24, 2.45) is 0 Å². The molecule has 0 aromatic carbocycles. The average molecular weight is 327 g/mol. The molecular weight excluding hydrogens is 284 g/mol. The summed E-state index contributed by atoms with van der Waals surface area (Å²) in [5.74, 6) is 0. The van der Waals surface area contributed by atoms with Crippen LogP contribution in [0.4, 0.5) is 0 Å². The monoisotopic (exact) mass is 326 g/mol. The fraction of sp³-hybridized carbons (Fsp3) is 1.00. The Bertz CT molecular complexity index is 165. The zero-order valence-corrected chi connectivity index (χ0v) is 16.6. The van der Waals surface area contributed by atoms with Crippen LogP contribution in [0, 0.1) is 0 Å². The topological polar surface area (TPSA) is 9.23 Å². The van der Waals surface area contributed by atoms with Gasteiger partial charge in [0.15, 0.2) is 0 Å². The van der Waals surface area contributed by atoms with Crippen LogP contribution in [0.2, 0.25) is 6.04 Å². The summed E-state index contributed by atoms with van der Waals surface area (Å²) in [5, 5.41) is 0. The Hall–Kier alpha value is 0.177. The third-order valence-electron chi connectivity index (χ3n) is 4.35. The fourth-order valence-corrected chi connectivity index (χ4v) is 3.39. The van der Waals surface area contributed by atoms with E-state index in [1.54, 1.807) is 0 Å². The highest BCUT2D eigenvalue weighted by molar-refractivity contribution is 6.26. The van der Waals surface area contributed by atoms with Gasteiger partial charge in [-0.25, -0.2) is 0 Å². The highest BCUT2D eigenvalue weighted by Crippen LogP contribution is 2.13. The van der Waals surface area contributed by atoms with Crippen LogP contribution in [0.25, 0.3) is 0 Å². The summed E-state index contributed by atoms with van der Waals surface area (Å²) >= 11 is 0. The molecule has 0 aromatic rings. The second kappa shape index (κ2) is 21.2. The van der Waals surface area contributed by atoms with Gasteiger partial charge in [0, 0.05) is 6.61 Å². The van der Waals surface area contributed by atoms with E-state index in [1.807, 2.05) is 0 Å². The van der Waals surface area contributed by atoms with E-state index >= 15 is 0 Å². The van der Waals surface area contributed by atoms with Crippen molar-refractivity contribution in [1.29, 1.82) is 0 Å². The van der Waals surface area contributed by atoms with E-state index in [0.717, 1.165) is 16.4 Å². The summed E-state index contributed by atoms with van der Waals surface area (Å²) in [5.41, 5.74) is 0. The van der Waals surface area contributed by atoms with Gasteiger partial charge in [-0.15, -0.1) is 0 Å². The van der Waals surface area contributed by atoms with Crippen molar-refractivity contribution in [3.05, 3.63) is 0 Å². The Morgan fingerprint density at radius 1 is 0.500 bits per heavy atom. The molecule has 0 aromatic heterocycles. The van der Waals surface area contributed by atoms with Crippen molar-refractivity contribution in [3.63, 3.8) is 0 Å². The van der Waals surface area contributed by atoms with Crippen LogP contribution in [0.3, 0.4) is 0 Å². The molecule has 0 N–H and O–H groups in total. The molecule has 2 radical (unpaired) electrons. The molecule has 2 heteroatoms. The molecular formula is C20H42OSi. The predicted octanol–water partition coefficient (Wildman–Crippen LogP) is 7.32. The molecule has 0 unspecified atom stereocenters. The molecule has 0 aliphatic carbocycles. The first-order chi connectivity index (χ1) is 10.9. The predicted molar refractivity (Wildman–Crippen MR) is 102 cm³/mol. The zero-order valence-electron chi connectivity index (χ0n) is 15.6. The largest absolute Gasteiger partial charge is 0.417 e. The molecule has 0 bridgehead atoms. The Balaban J connectivity index is 2.91. The second-order valence-electron chi connectivity index (χ2n) is 6.65. The molecule has 0 saturated carbocycles. The maximum Gasteiger partial charge on any atom is 0.229 e. The lowest BCUT2D eigenvalue weighted by Crippen LogP contribution is -1.98. The standard InChI is InChI=1S/C20H42OSi/c1-3-5-6-7-8-9-10-11-12-13-14-15-16-17-18-19-20-21-22-4-2/h3-20H2,1-2H3. The van der Waals surface area contributed by atoms with Gasteiger partial charge in [0.05, 0.1) is 0 Å². The SMILES string of the molecule is CCCCCCCCCCCCCCCCCCO[Si]CC. The number of unbranched alkanes of at least 4 members (excludes halogenated alkanes) is 15. The Kier molecular flexibility index (Phi) is 21.3. The fourth-order valence-electron chi connectivity index (χ4n) is 2.90. The lowest BCUT2D eigenvalue weighted by molar-refractivity contribution is 0.320. The molecule has 1 nitrogen and oxygen atoms in total. The lowest BCUT2D eigenvalue weighted by atomic mass is 10.0. The highest BCUT2D eigenvalue weighted by atomic mass is 28.2. The van der Waals surface area contributed by atoms with Crippen molar-refractivity contribution in [3.8, 4) is 0 Å². The van der Waals surface area contributed by atoms with E-state index in [2.05, 4.69) is 13.8 Å². The normalized spacial score (nSPS) is 11.2. The molecule has 0 amide bonds. The first-order valence-corrected chi connectivity index (χ1v) is 11.4. The van der Waals surface area contributed by atoms with Crippen LogP contribution in [-0.2, 0) is 4.43 Å². The molecule has 0 atom stereocenters. The van der Waals surface area contributed by atoms with Crippen molar-refractivity contribution >= 4 is 9.76 Å². The smallest absolute Gasteiger partial charge is 0.229 e. The molecule has 0 saturated heterocycles. The van der Waals surface area contributed by atoms with Crippen LogP contribution in [-0.4, -0.2) is 16.4 Å². The molecule has 0 aliphatic rings. The third kappa shape index (κ3) is 20.2. The van der Waals surface area contributed by atoms with Gasteiger partial charge in [-0.1, -0.05) is 110 Å². The molecule has 0 heterocycles. The minimum Gasteiger partial charge on any atom is -0.417 e. The minimum absolute atomic E-state index is 0.726. The maximum absolute atomic E-state index is 5.53. The molecule has 0 aliphatic heterocycles. The summed E-state index contributed by atoms with van der Waals surface area (Å²) in [6, 6.07) is 1.18. The van der Waals surface area contributed by atoms with Crippen molar-refractivity contribution in [2.45, 2.75) is 123 Å². The summed E-state index contributed by atoms with van der Waals surface area (Å²) in [4.78, 5) is 0. The first-order valence-electron chi connectivity index (χ1n) is 10.3. The van der Waals surface area contributed by atoms with E-state index in [9.17, 15) is 0 Å². The summed E-state index contributed by atoms with van der Waals surface area (Å²) in [6.07, 6.45) is 23.0. The maximum atomic E-state index is 5.53. The summed E-state index contributed by atoms with van der Waals surface area (Å²) < 4.78 is 5.53. The average Bonchev–Trinajstić information content (AvgIpc) is 2.54. The molecule has 0 rings (SSSR count). The Labute approximate surface area is 143 Å². The lowest BCUT2D eigenvalue weighted by Gasteiger charge is -2.04. The van der Waals surface area contributed by atoms with Gasteiger partial charge < -0.3 is 4.43 Å². The van der Waals surface area contributed by atoms with E-state index in [4.69, 9.17) is 4.43 Å². The van der Waals surface area contributed by atoms with Crippen molar-refractivity contribution in [1.82, 2.24) is 0 Å². The molecule has 0 spiro atoms. The van der Waals surface area contributed by atoms with Crippen LogP contribution >= 0.6 is 0 Å². The molecule has 0 fully saturated rings. The van der Waals surface area contributed by atoms with Crippen molar-refractivity contribution < 1.29 is 4.43 Å². The van der Waals surface area contributed by atoms with E-state index in [-0.39, 0.29) is 0 Å². The van der Waals surface area contributed by atoms with Crippen LogP contribution in [0.15, 0.2) is 0 Å². The highest BCUT2D eigenvalue weighted by Gasteiger charge is 1.95. The second-order valence-corrected chi connectivity index (χ2v) is 7.93. The van der Waals surface area contributed by atoms with Crippen molar-refractivity contribution in [2.75, 3.05) is 6.61 Å². The van der Waals surface area contributed by atoms with Gasteiger partial charge >= 0.3 is 0 Å². The van der Waals surface area contributed by atoms with Gasteiger partial charge in [-0.05, 0) is 12.5 Å². The summed E-state index contributed by atoms with van der Waals surface area (Å²) in [7, 11) is 0.726. The third-order valence-corrected chi connectivity index (χ3v) is 5.04. The molecule has 132 valence electrons. The van der Waals surface area contributed by atoms with Crippen LogP contribution in [0.5, 0.6) is 0 Å². The van der Waals surface area contributed by atoms with Gasteiger partial charge in [-0.3, -0.25) is 0 Å². The number of rotatable bonds is 19. The van der Waals surface area contributed by atoms with Gasteiger partial charge in [0.1, 0.15) is 0 Å².